The molecule has 0 radical (unpaired) electrons. The van der Waals surface area contributed by atoms with E-state index in [1.54, 1.807) is 5.69 Å². The molecule has 0 atom stereocenters. The highest BCUT2D eigenvalue weighted by atomic mass is 32.1. The number of hydrogen-bond acceptors (Lipinski definition) is 1. The number of fused-ring (bicyclic) bond motifs is 1. The SMILES string of the molecule is c1sc[n+]2c1CCCCCCC2. The number of aromatic nitrogens is 1. The van der Waals surface area contributed by atoms with Crippen molar-refractivity contribution in [2.24, 2.45) is 0 Å². The second-order valence-electron chi connectivity index (χ2n) is 3.56. The lowest BCUT2D eigenvalue weighted by molar-refractivity contribution is -0.699. The van der Waals surface area contributed by atoms with Crippen molar-refractivity contribution < 1.29 is 4.57 Å². The minimum Gasteiger partial charge on any atom is -0.193 e. The Bertz CT molecular complexity index is 219. The second-order valence-corrected chi connectivity index (χ2v) is 4.28. The molecule has 12 heavy (non-hydrogen) atoms. The number of aryl methyl sites for hydroxylation is 2. The standard InChI is InChI=1S/C10H16NS/c1-2-4-6-10-8-12-9-11(10)7-5-3-1/h8-9H,1-7H2/q+1. The van der Waals surface area contributed by atoms with Gasteiger partial charge < -0.3 is 0 Å². The van der Waals surface area contributed by atoms with Crippen LogP contribution in [0.1, 0.15) is 37.8 Å². The molecule has 1 aromatic rings. The molecule has 1 aromatic heterocycles. The third-order valence-corrected chi connectivity index (χ3v) is 3.38. The summed E-state index contributed by atoms with van der Waals surface area (Å²) in [4.78, 5) is 0. The van der Waals surface area contributed by atoms with Gasteiger partial charge in [-0.1, -0.05) is 24.2 Å². The van der Waals surface area contributed by atoms with Crippen LogP contribution in [0.4, 0.5) is 0 Å². The fraction of sp³-hybridized carbons (Fsp3) is 0.700. The minimum atomic E-state index is 1.25. The summed E-state index contributed by atoms with van der Waals surface area (Å²) in [5, 5.41) is 2.31. The Morgan fingerprint density at radius 2 is 1.92 bits per heavy atom. The molecule has 0 bridgehead atoms. The predicted octanol–water partition coefficient (Wildman–Crippen LogP) is 2.54. The first-order valence-electron chi connectivity index (χ1n) is 4.91. The monoisotopic (exact) mass is 182 g/mol. The van der Waals surface area contributed by atoms with Crippen LogP contribution in [0.15, 0.2) is 10.9 Å². The molecular weight excluding hydrogens is 166 g/mol. The first-order valence-corrected chi connectivity index (χ1v) is 5.85. The maximum atomic E-state index is 2.44. The van der Waals surface area contributed by atoms with Crippen LogP contribution in [-0.2, 0) is 13.0 Å². The van der Waals surface area contributed by atoms with Gasteiger partial charge in [0.05, 0.1) is 5.38 Å². The van der Waals surface area contributed by atoms with Crippen molar-refractivity contribution >= 4 is 11.3 Å². The summed E-state index contributed by atoms with van der Waals surface area (Å²) < 4.78 is 2.44. The molecule has 0 unspecified atom stereocenters. The molecule has 0 saturated heterocycles. The van der Waals surface area contributed by atoms with Gasteiger partial charge in [0, 0.05) is 12.8 Å². The van der Waals surface area contributed by atoms with Crippen LogP contribution in [0, 0.1) is 0 Å². The lowest BCUT2D eigenvalue weighted by Gasteiger charge is -1.93. The van der Waals surface area contributed by atoms with Gasteiger partial charge in [0.2, 0.25) is 5.51 Å². The number of hydrogen-bond donors (Lipinski definition) is 0. The fourth-order valence-electron chi connectivity index (χ4n) is 1.84. The largest absolute Gasteiger partial charge is 0.224 e. The van der Waals surface area contributed by atoms with Crippen molar-refractivity contribution in [3.8, 4) is 0 Å². The fourth-order valence-corrected chi connectivity index (χ4v) is 2.69. The molecule has 0 saturated carbocycles. The van der Waals surface area contributed by atoms with Crippen LogP contribution in [0.5, 0.6) is 0 Å². The topological polar surface area (TPSA) is 3.88 Å². The summed E-state index contributed by atoms with van der Waals surface area (Å²) in [5.74, 6) is 0. The van der Waals surface area contributed by atoms with Crippen LogP contribution < -0.4 is 4.57 Å². The molecular formula is C10H16NS+. The average Bonchev–Trinajstić information content (AvgIpc) is 2.50. The van der Waals surface area contributed by atoms with Gasteiger partial charge in [-0.15, -0.1) is 0 Å². The molecule has 0 aliphatic carbocycles. The van der Waals surface area contributed by atoms with E-state index >= 15 is 0 Å². The Morgan fingerprint density at radius 3 is 2.92 bits per heavy atom. The third-order valence-electron chi connectivity index (χ3n) is 2.59. The maximum absolute atomic E-state index is 2.44. The quantitative estimate of drug-likeness (QED) is 0.543. The van der Waals surface area contributed by atoms with E-state index in [0.717, 1.165) is 0 Å². The van der Waals surface area contributed by atoms with Gasteiger partial charge in [-0.25, -0.2) is 0 Å². The van der Waals surface area contributed by atoms with Crippen LogP contribution in [0.3, 0.4) is 0 Å². The molecule has 2 heterocycles. The van der Waals surface area contributed by atoms with Crippen molar-refractivity contribution in [3.05, 3.63) is 16.6 Å². The van der Waals surface area contributed by atoms with E-state index in [-0.39, 0.29) is 0 Å². The third kappa shape index (κ3) is 1.86. The summed E-state index contributed by atoms with van der Waals surface area (Å²) in [6.07, 6.45) is 8.33. The second kappa shape index (κ2) is 4.04. The highest BCUT2D eigenvalue weighted by Gasteiger charge is 2.12. The summed E-state index contributed by atoms with van der Waals surface area (Å²) in [6, 6.07) is 0. The van der Waals surface area contributed by atoms with Gasteiger partial charge in [0.15, 0.2) is 5.69 Å². The van der Waals surface area contributed by atoms with Crippen LogP contribution >= 0.6 is 11.3 Å². The Hall–Kier alpha value is -0.370. The summed E-state index contributed by atoms with van der Waals surface area (Å²) >= 11 is 1.84. The smallest absolute Gasteiger partial charge is 0.193 e. The van der Waals surface area contributed by atoms with Gasteiger partial charge in [-0.05, 0) is 12.8 Å². The molecule has 0 N–H and O–H groups in total. The van der Waals surface area contributed by atoms with E-state index in [1.165, 1.54) is 45.1 Å². The minimum absolute atomic E-state index is 1.25. The van der Waals surface area contributed by atoms with Crippen LogP contribution in [-0.4, -0.2) is 0 Å². The molecule has 1 aliphatic rings. The Balaban J connectivity index is 2.10. The van der Waals surface area contributed by atoms with Gasteiger partial charge in [-0.3, -0.25) is 0 Å². The highest BCUT2D eigenvalue weighted by Crippen LogP contribution is 2.11. The van der Waals surface area contributed by atoms with Crippen LogP contribution in [0.25, 0.3) is 0 Å². The maximum Gasteiger partial charge on any atom is 0.224 e. The van der Waals surface area contributed by atoms with Gasteiger partial charge in [-0.2, -0.15) is 4.57 Å². The molecule has 0 fully saturated rings. The van der Waals surface area contributed by atoms with Crippen LogP contribution in [0.2, 0.25) is 0 Å². The Kier molecular flexibility index (Phi) is 2.77. The van der Waals surface area contributed by atoms with Gasteiger partial charge >= 0.3 is 0 Å². The molecule has 0 spiro atoms. The lowest BCUT2D eigenvalue weighted by atomic mass is 10.1. The lowest BCUT2D eigenvalue weighted by Crippen LogP contribution is -2.35. The van der Waals surface area contributed by atoms with Crippen molar-refractivity contribution in [2.45, 2.75) is 45.1 Å². The van der Waals surface area contributed by atoms with E-state index in [0.29, 0.717) is 0 Å². The van der Waals surface area contributed by atoms with Crippen molar-refractivity contribution in [3.63, 3.8) is 0 Å². The predicted molar refractivity (Wildman–Crippen MR) is 51.3 cm³/mol. The number of nitrogens with zero attached hydrogens (tertiary/aromatic N) is 1. The van der Waals surface area contributed by atoms with Crippen molar-refractivity contribution in [1.29, 1.82) is 0 Å². The zero-order chi connectivity index (χ0) is 8.23. The highest BCUT2D eigenvalue weighted by molar-refractivity contribution is 7.07. The van der Waals surface area contributed by atoms with Crippen molar-refractivity contribution in [1.82, 2.24) is 0 Å². The first-order chi connectivity index (χ1) is 5.97. The summed E-state index contributed by atoms with van der Waals surface area (Å²) in [7, 11) is 0. The first kappa shape index (κ1) is 8.24. The Morgan fingerprint density at radius 1 is 1.08 bits per heavy atom. The normalized spacial score (nSPS) is 19.0. The molecule has 1 aliphatic heterocycles. The van der Waals surface area contributed by atoms with E-state index in [4.69, 9.17) is 0 Å². The van der Waals surface area contributed by atoms with E-state index in [9.17, 15) is 0 Å². The average molecular weight is 182 g/mol. The zero-order valence-corrected chi connectivity index (χ0v) is 8.28. The number of rotatable bonds is 0. The van der Waals surface area contributed by atoms with E-state index in [2.05, 4.69) is 15.5 Å². The Labute approximate surface area is 78.1 Å². The van der Waals surface area contributed by atoms with E-state index < -0.39 is 0 Å². The molecule has 2 rings (SSSR count). The molecule has 1 nitrogen and oxygen atoms in total. The number of thiazole rings is 1. The van der Waals surface area contributed by atoms with Crippen molar-refractivity contribution in [2.75, 3.05) is 0 Å². The summed E-state index contributed by atoms with van der Waals surface area (Å²) in [6.45, 7) is 1.25. The molecule has 0 aromatic carbocycles. The molecule has 0 amide bonds. The van der Waals surface area contributed by atoms with Gasteiger partial charge in [0.25, 0.3) is 0 Å². The molecule has 66 valence electrons. The zero-order valence-electron chi connectivity index (χ0n) is 7.46. The molecule has 2 heteroatoms. The summed E-state index contributed by atoms with van der Waals surface area (Å²) in [5.41, 5.74) is 3.82. The van der Waals surface area contributed by atoms with Gasteiger partial charge in [0.1, 0.15) is 6.54 Å². The van der Waals surface area contributed by atoms with E-state index in [1.807, 2.05) is 11.3 Å².